The van der Waals surface area contributed by atoms with Gasteiger partial charge in [0.15, 0.2) is 0 Å². The van der Waals surface area contributed by atoms with Crippen molar-refractivity contribution in [1.29, 1.82) is 0 Å². The molecule has 0 saturated carbocycles. The van der Waals surface area contributed by atoms with Crippen LogP contribution in [0.2, 0.25) is 0 Å². The predicted molar refractivity (Wildman–Crippen MR) is 97.0 cm³/mol. The van der Waals surface area contributed by atoms with Crippen LogP contribution < -0.4 is 5.32 Å². The van der Waals surface area contributed by atoms with E-state index in [2.05, 4.69) is 25.7 Å². The van der Waals surface area contributed by atoms with Crippen molar-refractivity contribution in [3.05, 3.63) is 45.9 Å². The maximum absolute atomic E-state index is 12.6. The summed E-state index contributed by atoms with van der Waals surface area (Å²) in [6.45, 7) is 5.78. The number of amides is 1. The van der Waals surface area contributed by atoms with Gasteiger partial charge in [0.25, 0.3) is 5.91 Å². The SMILES string of the molecule is CCc1nnc(NC(=O)c2cccnc2SCc2c(C)noc2C)s1. The van der Waals surface area contributed by atoms with Crippen LogP contribution in [0.5, 0.6) is 0 Å². The van der Waals surface area contributed by atoms with E-state index in [9.17, 15) is 4.79 Å². The van der Waals surface area contributed by atoms with Crippen LogP contribution >= 0.6 is 23.1 Å². The van der Waals surface area contributed by atoms with Gasteiger partial charge in [-0.3, -0.25) is 10.1 Å². The predicted octanol–water partition coefficient (Wildman–Crippen LogP) is 3.64. The van der Waals surface area contributed by atoms with Gasteiger partial charge < -0.3 is 4.52 Å². The van der Waals surface area contributed by atoms with Crippen LogP contribution in [0.1, 0.15) is 39.3 Å². The van der Waals surface area contributed by atoms with Gasteiger partial charge in [-0.25, -0.2) is 4.98 Å². The number of nitrogens with one attached hydrogen (secondary N) is 1. The Morgan fingerprint density at radius 3 is 2.88 bits per heavy atom. The lowest BCUT2D eigenvalue weighted by Crippen LogP contribution is -2.13. The first-order valence-corrected chi connectivity index (χ1v) is 9.52. The van der Waals surface area contributed by atoms with Crippen molar-refractivity contribution >= 4 is 34.1 Å². The third-order valence-electron chi connectivity index (χ3n) is 3.54. The van der Waals surface area contributed by atoms with Gasteiger partial charge >= 0.3 is 0 Å². The van der Waals surface area contributed by atoms with Crippen molar-refractivity contribution in [3.8, 4) is 0 Å². The Labute approximate surface area is 153 Å². The number of thioether (sulfide) groups is 1. The molecular formula is C16H17N5O2S2. The van der Waals surface area contributed by atoms with E-state index in [0.717, 1.165) is 28.4 Å². The average molecular weight is 375 g/mol. The third-order valence-corrected chi connectivity index (χ3v) is 5.55. The maximum atomic E-state index is 12.6. The molecule has 0 unspecified atom stereocenters. The average Bonchev–Trinajstić information content (AvgIpc) is 3.20. The fraction of sp³-hybridized carbons (Fsp3) is 0.312. The molecule has 130 valence electrons. The second-order valence-electron chi connectivity index (χ2n) is 5.26. The Bertz CT molecular complexity index is 871. The smallest absolute Gasteiger partial charge is 0.260 e. The number of nitrogens with zero attached hydrogens (tertiary/aromatic N) is 4. The highest BCUT2D eigenvalue weighted by Gasteiger charge is 2.17. The molecule has 3 aromatic rings. The molecule has 0 spiro atoms. The van der Waals surface area contributed by atoms with Crippen LogP contribution in [0.15, 0.2) is 27.9 Å². The second-order valence-corrected chi connectivity index (χ2v) is 7.28. The Hall–Kier alpha value is -2.26. The first-order chi connectivity index (χ1) is 12.1. The van der Waals surface area contributed by atoms with Crippen LogP contribution in [-0.4, -0.2) is 26.2 Å². The highest BCUT2D eigenvalue weighted by molar-refractivity contribution is 7.98. The molecule has 3 heterocycles. The molecule has 1 amide bonds. The second kappa shape index (κ2) is 7.75. The van der Waals surface area contributed by atoms with E-state index in [1.54, 1.807) is 18.3 Å². The normalized spacial score (nSPS) is 10.8. The summed E-state index contributed by atoms with van der Waals surface area (Å²) in [6, 6.07) is 3.49. The largest absolute Gasteiger partial charge is 0.361 e. The molecule has 0 bridgehead atoms. The summed E-state index contributed by atoms with van der Waals surface area (Å²) >= 11 is 2.85. The summed E-state index contributed by atoms with van der Waals surface area (Å²) in [5.74, 6) is 1.18. The summed E-state index contributed by atoms with van der Waals surface area (Å²) in [5, 5.41) is 16.8. The molecule has 1 N–H and O–H groups in total. The zero-order valence-corrected chi connectivity index (χ0v) is 15.7. The van der Waals surface area contributed by atoms with Crippen molar-refractivity contribution < 1.29 is 9.32 Å². The van der Waals surface area contributed by atoms with Crippen LogP contribution in [0.25, 0.3) is 0 Å². The van der Waals surface area contributed by atoms with E-state index in [1.165, 1.54) is 23.1 Å². The zero-order chi connectivity index (χ0) is 17.8. The van der Waals surface area contributed by atoms with Gasteiger partial charge in [0.1, 0.15) is 15.8 Å². The summed E-state index contributed by atoms with van der Waals surface area (Å²) in [6.07, 6.45) is 2.46. The molecule has 0 fully saturated rings. The fourth-order valence-corrected chi connectivity index (χ4v) is 3.96. The highest BCUT2D eigenvalue weighted by atomic mass is 32.2. The van der Waals surface area contributed by atoms with E-state index in [0.29, 0.717) is 21.5 Å². The number of carbonyl (C=O) groups is 1. The summed E-state index contributed by atoms with van der Waals surface area (Å²) in [4.78, 5) is 16.9. The third kappa shape index (κ3) is 4.05. The number of rotatable bonds is 6. The summed E-state index contributed by atoms with van der Waals surface area (Å²) in [7, 11) is 0. The molecule has 25 heavy (non-hydrogen) atoms. The van der Waals surface area contributed by atoms with E-state index in [1.807, 2.05) is 20.8 Å². The van der Waals surface area contributed by atoms with Crippen LogP contribution in [0.3, 0.4) is 0 Å². The molecule has 0 aromatic carbocycles. The van der Waals surface area contributed by atoms with Gasteiger partial charge in [-0.1, -0.05) is 23.4 Å². The van der Waals surface area contributed by atoms with Gasteiger partial charge in [-0.15, -0.1) is 22.0 Å². The van der Waals surface area contributed by atoms with Gasteiger partial charge in [0.2, 0.25) is 5.13 Å². The maximum Gasteiger partial charge on any atom is 0.260 e. The molecular weight excluding hydrogens is 358 g/mol. The topological polar surface area (TPSA) is 93.8 Å². The quantitative estimate of drug-likeness (QED) is 0.657. The van der Waals surface area contributed by atoms with Gasteiger partial charge in [-0.2, -0.15) is 0 Å². The minimum Gasteiger partial charge on any atom is -0.361 e. The molecule has 0 atom stereocenters. The van der Waals surface area contributed by atoms with E-state index < -0.39 is 0 Å². The molecule has 7 nitrogen and oxygen atoms in total. The Morgan fingerprint density at radius 2 is 2.20 bits per heavy atom. The van der Waals surface area contributed by atoms with Crippen molar-refractivity contribution in [2.24, 2.45) is 0 Å². The molecule has 0 saturated heterocycles. The van der Waals surface area contributed by atoms with Gasteiger partial charge in [0.05, 0.1) is 11.3 Å². The number of aryl methyl sites for hydroxylation is 3. The standard InChI is InChI=1S/C16H17N5O2S2/c1-4-13-19-20-16(25-13)18-14(22)11-6-5-7-17-15(11)24-8-12-9(2)21-23-10(12)3/h5-7H,4,8H2,1-3H3,(H,18,20,22). The molecule has 3 aromatic heterocycles. The Morgan fingerprint density at radius 1 is 1.36 bits per heavy atom. The first-order valence-electron chi connectivity index (χ1n) is 7.71. The number of pyridine rings is 1. The molecule has 3 rings (SSSR count). The van der Waals surface area contributed by atoms with Crippen molar-refractivity contribution in [2.45, 2.75) is 38.0 Å². The van der Waals surface area contributed by atoms with Crippen LogP contribution in [0, 0.1) is 13.8 Å². The number of anilines is 1. The molecule has 0 radical (unpaired) electrons. The number of hydrogen-bond acceptors (Lipinski definition) is 8. The van der Waals surface area contributed by atoms with E-state index >= 15 is 0 Å². The van der Waals surface area contributed by atoms with Crippen LogP contribution in [0.4, 0.5) is 5.13 Å². The Balaban J connectivity index is 1.74. The minimum absolute atomic E-state index is 0.242. The lowest BCUT2D eigenvalue weighted by Gasteiger charge is -2.07. The lowest BCUT2D eigenvalue weighted by atomic mass is 10.2. The van der Waals surface area contributed by atoms with Gasteiger partial charge in [0, 0.05) is 17.5 Å². The monoisotopic (exact) mass is 375 g/mol. The summed E-state index contributed by atoms with van der Waals surface area (Å²) in [5.41, 5.74) is 2.39. The molecule has 0 aliphatic heterocycles. The van der Waals surface area contributed by atoms with Crippen molar-refractivity contribution in [3.63, 3.8) is 0 Å². The van der Waals surface area contributed by atoms with Crippen molar-refractivity contribution in [1.82, 2.24) is 20.3 Å². The van der Waals surface area contributed by atoms with Crippen LogP contribution in [-0.2, 0) is 12.2 Å². The Kier molecular flexibility index (Phi) is 5.44. The van der Waals surface area contributed by atoms with Crippen molar-refractivity contribution in [2.75, 3.05) is 5.32 Å². The summed E-state index contributed by atoms with van der Waals surface area (Å²) < 4.78 is 5.18. The highest BCUT2D eigenvalue weighted by Crippen LogP contribution is 2.28. The first kappa shape index (κ1) is 17.6. The van der Waals surface area contributed by atoms with E-state index in [4.69, 9.17) is 4.52 Å². The molecule has 0 aliphatic rings. The molecule has 0 aliphatic carbocycles. The van der Waals surface area contributed by atoms with Gasteiger partial charge in [-0.05, 0) is 32.4 Å². The number of hydrogen-bond donors (Lipinski definition) is 1. The fourth-order valence-electron chi connectivity index (χ4n) is 2.14. The molecule has 9 heteroatoms. The number of carbonyl (C=O) groups excluding carboxylic acids is 1. The lowest BCUT2D eigenvalue weighted by molar-refractivity contribution is 0.102. The number of aromatic nitrogens is 4. The van der Waals surface area contributed by atoms with E-state index in [-0.39, 0.29) is 5.91 Å². The zero-order valence-electron chi connectivity index (χ0n) is 14.1. The minimum atomic E-state index is -0.242.